The molecule has 1 rings (SSSR count). The molecule has 1 aromatic heterocycles. The fraction of sp³-hybridized carbons (Fsp3) is 0.900. The van der Waals surface area contributed by atoms with Gasteiger partial charge in [-0.25, -0.2) is 0 Å². The summed E-state index contributed by atoms with van der Waals surface area (Å²) < 4.78 is 0. The monoisotopic (exact) mass is 211 g/mol. The standard InChI is InChI=1S/C10H21N5/c1-9(2,3)15-13-8(12-14-15)7-10(4,5)11-6/h11H,7H2,1-6H3. The summed E-state index contributed by atoms with van der Waals surface area (Å²) in [5, 5.41) is 15.7. The van der Waals surface area contributed by atoms with E-state index in [9.17, 15) is 0 Å². The Morgan fingerprint density at radius 1 is 1.20 bits per heavy atom. The molecule has 1 aromatic rings. The largest absolute Gasteiger partial charge is 0.314 e. The lowest BCUT2D eigenvalue weighted by Gasteiger charge is -2.21. The number of aromatic nitrogens is 4. The van der Waals surface area contributed by atoms with Crippen molar-refractivity contribution in [2.75, 3.05) is 7.05 Å². The average Bonchev–Trinajstić information content (AvgIpc) is 2.51. The highest BCUT2D eigenvalue weighted by Crippen LogP contribution is 2.12. The van der Waals surface area contributed by atoms with Crippen LogP contribution in [0, 0.1) is 0 Å². The number of tetrazole rings is 1. The molecule has 0 saturated heterocycles. The van der Waals surface area contributed by atoms with Crippen LogP contribution >= 0.6 is 0 Å². The maximum atomic E-state index is 4.37. The Labute approximate surface area is 91.2 Å². The normalized spacial score (nSPS) is 13.2. The molecule has 0 aliphatic heterocycles. The van der Waals surface area contributed by atoms with Crippen LogP contribution < -0.4 is 5.32 Å². The zero-order chi connectivity index (χ0) is 11.7. The molecule has 15 heavy (non-hydrogen) atoms. The third kappa shape index (κ3) is 3.27. The summed E-state index contributed by atoms with van der Waals surface area (Å²) in [5.74, 6) is 0.782. The molecule has 0 bridgehead atoms. The minimum absolute atomic E-state index is 0.00570. The number of likely N-dealkylation sites (N-methyl/N-ethyl adjacent to an activating group) is 1. The van der Waals surface area contributed by atoms with Gasteiger partial charge in [-0.2, -0.15) is 4.80 Å². The fourth-order valence-corrected chi connectivity index (χ4v) is 1.08. The molecular formula is C10H21N5. The average molecular weight is 211 g/mol. The molecule has 0 unspecified atom stereocenters. The molecule has 0 fully saturated rings. The van der Waals surface area contributed by atoms with Gasteiger partial charge in [-0.15, -0.1) is 10.2 Å². The van der Waals surface area contributed by atoms with Crippen molar-refractivity contribution in [3.8, 4) is 0 Å². The van der Waals surface area contributed by atoms with Crippen LogP contribution in [0.5, 0.6) is 0 Å². The molecule has 0 saturated carbocycles. The van der Waals surface area contributed by atoms with E-state index < -0.39 is 0 Å². The Balaban J connectivity index is 2.78. The molecule has 86 valence electrons. The molecule has 0 amide bonds. The van der Waals surface area contributed by atoms with Gasteiger partial charge in [-0.1, -0.05) is 0 Å². The van der Waals surface area contributed by atoms with Crippen LogP contribution in [-0.4, -0.2) is 32.8 Å². The van der Waals surface area contributed by atoms with Gasteiger partial charge in [0.1, 0.15) is 0 Å². The van der Waals surface area contributed by atoms with Crippen LogP contribution in [0.4, 0.5) is 0 Å². The van der Waals surface area contributed by atoms with E-state index in [2.05, 4.69) is 55.3 Å². The summed E-state index contributed by atoms with van der Waals surface area (Å²) in [5.41, 5.74) is -0.0964. The molecule has 1 heterocycles. The first-order valence-electron chi connectivity index (χ1n) is 5.23. The van der Waals surface area contributed by atoms with Crippen molar-refractivity contribution in [2.24, 2.45) is 0 Å². The topological polar surface area (TPSA) is 55.6 Å². The van der Waals surface area contributed by atoms with Crippen LogP contribution in [0.2, 0.25) is 0 Å². The van der Waals surface area contributed by atoms with Gasteiger partial charge in [0, 0.05) is 12.0 Å². The van der Waals surface area contributed by atoms with Gasteiger partial charge in [0.25, 0.3) is 0 Å². The third-order valence-electron chi connectivity index (χ3n) is 2.33. The van der Waals surface area contributed by atoms with E-state index in [-0.39, 0.29) is 11.1 Å². The molecular weight excluding hydrogens is 190 g/mol. The van der Waals surface area contributed by atoms with E-state index in [0.717, 1.165) is 12.2 Å². The molecule has 5 heteroatoms. The lowest BCUT2D eigenvalue weighted by atomic mass is 10.0. The van der Waals surface area contributed by atoms with E-state index in [1.54, 1.807) is 4.80 Å². The molecule has 0 aromatic carbocycles. The molecule has 0 aliphatic rings. The summed E-state index contributed by atoms with van der Waals surface area (Å²) in [4.78, 5) is 1.66. The van der Waals surface area contributed by atoms with Crippen LogP contribution in [0.3, 0.4) is 0 Å². The first-order chi connectivity index (χ1) is 6.74. The summed E-state index contributed by atoms with van der Waals surface area (Å²) in [6, 6.07) is 0. The Bertz CT molecular complexity index is 321. The van der Waals surface area contributed by atoms with Gasteiger partial charge in [0.05, 0.1) is 5.54 Å². The van der Waals surface area contributed by atoms with Crippen LogP contribution in [0.25, 0.3) is 0 Å². The second-order valence-electron chi connectivity index (χ2n) is 5.48. The van der Waals surface area contributed by atoms with Crippen LogP contribution in [0.1, 0.15) is 40.4 Å². The van der Waals surface area contributed by atoms with Crippen molar-refractivity contribution in [1.29, 1.82) is 0 Å². The Hall–Kier alpha value is -0.970. The molecule has 0 radical (unpaired) electrons. The van der Waals surface area contributed by atoms with Gasteiger partial charge in [0.2, 0.25) is 0 Å². The summed E-state index contributed by atoms with van der Waals surface area (Å²) in [6.07, 6.45) is 0.777. The second-order valence-corrected chi connectivity index (χ2v) is 5.48. The fourth-order valence-electron chi connectivity index (χ4n) is 1.08. The number of hydrogen-bond acceptors (Lipinski definition) is 4. The predicted molar refractivity (Wildman–Crippen MR) is 59.7 cm³/mol. The Kier molecular flexibility index (Phi) is 3.13. The zero-order valence-electron chi connectivity index (χ0n) is 10.5. The number of rotatable bonds is 3. The highest BCUT2D eigenvalue weighted by atomic mass is 15.6. The van der Waals surface area contributed by atoms with Crippen molar-refractivity contribution in [1.82, 2.24) is 25.5 Å². The minimum atomic E-state index is -0.102. The SMILES string of the molecule is CNC(C)(C)Cc1nnn(C(C)(C)C)n1. The molecule has 1 N–H and O–H groups in total. The van der Waals surface area contributed by atoms with E-state index >= 15 is 0 Å². The second kappa shape index (κ2) is 3.89. The van der Waals surface area contributed by atoms with Crippen molar-refractivity contribution in [2.45, 2.75) is 52.1 Å². The Morgan fingerprint density at radius 2 is 1.80 bits per heavy atom. The van der Waals surface area contributed by atoms with Crippen molar-refractivity contribution in [3.05, 3.63) is 5.82 Å². The summed E-state index contributed by atoms with van der Waals surface area (Å²) in [7, 11) is 1.94. The van der Waals surface area contributed by atoms with Gasteiger partial charge >= 0.3 is 0 Å². The molecule has 0 atom stereocenters. The van der Waals surface area contributed by atoms with Gasteiger partial charge < -0.3 is 5.32 Å². The van der Waals surface area contributed by atoms with Gasteiger partial charge in [-0.05, 0) is 46.9 Å². The maximum Gasteiger partial charge on any atom is 0.176 e. The van der Waals surface area contributed by atoms with E-state index in [0.29, 0.717) is 0 Å². The number of nitrogens with zero attached hydrogens (tertiary/aromatic N) is 4. The summed E-state index contributed by atoms with van der Waals surface area (Å²) in [6.45, 7) is 10.4. The lowest BCUT2D eigenvalue weighted by molar-refractivity contribution is 0.304. The number of nitrogens with one attached hydrogen (secondary N) is 1. The van der Waals surface area contributed by atoms with E-state index in [1.165, 1.54) is 0 Å². The first kappa shape index (κ1) is 12.1. The summed E-state index contributed by atoms with van der Waals surface area (Å²) >= 11 is 0. The quantitative estimate of drug-likeness (QED) is 0.809. The van der Waals surface area contributed by atoms with Crippen LogP contribution in [-0.2, 0) is 12.0 Å². The van der Waals surface area contributed by atoms with Gasteiger partial charge in [-0.3, -0.25) is 0 Å². The first-order valence-corrected chi connectivity index (χ1v) is 5.23. The van der Waals surface area contributed by atoms with Crippen molar-refractivity contribution >= 4 is 0 Å². The van der Waals surface area contributed by atoms with Crippen molar-refractivity contribution < 1.29 is 0 Å². The van der Waals surface area contributed by atoms with Crippen molar-refractivity contribution in [3.63, 3.8) is 0 Å². The van der Waals surface area contributed by atoms with E-state index in [4.69, 9.17) is 0 Å². The predicted octanol–water partition coefficient (Wildman–Crippen LogP) is 0.969. The lowest BCUT2D eigenvalue weighted by Crippen LogP contribution is -2.38. The number of hydrogen-bond donors (Lipinski definition) is 1. The zero-order valence-corrected chi connectivity index (χ0v) is 10.5. The molecule has 5 nitrogen and oxygen atoms in total. The van der Waals surface area contributed by atoms with Crippen LogP contribution in [0.15, 0.2) is 0 Å². The maximum absolute atomic E-state index is 4.37. The minimum Gasteiger partial charge on any atom is -0.314 e. The van der Waals surface area contributed by atoms with Gasteiger partial charge in [0.15, 0.2) is 5.82 Å². The molecule has 0 spiro atoms. The van der Waals surface area contributed by atoms with E-state index in [1.807, 2.05) is 7.05 Å². The smallest absolute Gasteiger partial charge is 0.176 e. The third-order valence-corrected chi connectivity index (χ3v) is 2.33. The highest BCUT2D eigenvalue weighted by molar-refractivity contribution is 4.90. The molecule has 0 aliphatic carbocycles. The Morgan fingerprint density at radius 3 is 2.20 bits per heavy atom. The highest BCUT2D eigenvalue weighted by Gasteiger charge is 2.21.